The first-order valence-electron chi connectivity index (χ1n) is 10.9. The molecule has 0 saturated heterocycles. The molecular weight excluding hydrogens is 356 g/mol. The van der Waals surface area contributed by atoms with Crippen LogP contribution in [0.15, 0.2) is 18.2 Å². The lowest BCUT2D eigenvalue weighted by atomic mass is 9.63. The standard InChI is InChI=1S/C25H34O2.C2H6/c1-14-11-12-20(13-15(14)2)25(26)22-19(6)17(4)16(3)18(5)21(22)23(7,8)24(9,10)27-25;1-2/h11-13,26H,1-10H3;1-2H3. The summed E-state index contributed by atoms with van der Waals surface area (Å²) in [7, 11) is 0. The first kappa shape index (κ1) is 23.6. The van der Waals surface area contributed by atoms with Gasteiger partial charge < -0.3 is 9.84 Å². The lowest BCUT2D eigenvalue weighted by molar-refractivity contribution is -0.269. The fourth-order valence-corrected chi connectivity index (χ4v) is 4.52. The normalized spacial score (nSPS) is 21.8. The van der Waals surface area contributed by atoms with Crippen LogP contribution in [0.1, 0.15) is 91.6 Å². The molecule has 2 nitrogen and oxygen atoms in total. The van der Waals surface area contributed by atoms with Crippen LogP contribution in [0.2, 0.25) is 0 Å². The van der Waals surface area contributed by atoms with Gasteiger partial charge in [0.15, 0.2) is 0 Å². The fraction of sp³-hybridized carbons (Fsp3) is 0.556. The van der Waals surface area contributed by atoms with E-state index < -0.39 is 11.4 Å². The van der Waals surface area contributed by atoms with Crippen LogP contribution in [0.5, 0.6) is 0 Å². The third-order valence-corrected chi connectivity index (χ3v) is 7.46. The van der Waals surface area contributed by atoms with Crippen molar-refractivity contribution < 1.29 is 9.84 Å². The van der Waals surface area contributed by atoms with E-state index in [1.807, 2.05) is 19.9 Å². The Hall–Kier alpha value is -1.64. The van der Waals surface area contributed by atoms with Crippen molar-refractivity contribution in [1.29, 1.82) is 0 Å². The monoisotopic (exact) mass is 396 g/mol. The molecule has 1 N–H and O–H groups in total. The third kappa shape index (κ3) is 3.35. The molecule has 1 atom stereocenters. The summed E-state index contributed by atoms with van der Waals surface area (Å²) in [5.74, 6) is -1.46. The Labute approximate surface area is 178 Å². The molecule has 1 aliphatic rings. The van der Waals surface area contributed by atoms with Gasteiger partial charge in [-0.15, -0.1) is 0 Å². The molecule has 29 heavy (non-hydrogen) atoms. The van der Waals surface area contributed by atoms with E-state index in [1.165, 1.54) is 27.8 Å². The third-order valence-electron chi connectivity index (χ3n) is 7.46. The first-order valence-corrected chi connectivity index (χ1v) is 10.9. The van der Waals surface area contributed by atoms with Crippen LogP contribution >= 0.6 is 0 Å². The van der Waals surface area contributed by atoms with Crippen LogP contribution in [0.3, 0.4) is 0 Å². The Morgan fingerprint density at radius 3 is 1.66 bits per heavy atom. The van der Waals surface area contributed by atoms with Gasteiger partial charge >= 0.3 is 0 Å². The van der Waals surface area contributed by atoms with Crippen molar-refractivity contribution in [3.05, 3.63) is 68.3 Å². The summed E-state index contributed by atoms with van der Waals surface area (Å²) in [5.41, 5.74) is 9.48. The molecule has 160 valence electrons. The zero-order chi connectivity index (χ0) is 22.5. The van der Waals surface area contributed by atoms with E-state index in [4.69, 9.17) is 4.74 Å². The number of hydrogen-bond donors (Lipinski definition) is 1. The predicted octanol–water partition coefficient (Wildman–Crippen LogP) is 6.84. The SMILES string of the molecule is CC.Cc1ccc(C2(O)OC(C)(C)C(C)(C)c3c(C)c(C)c(C)c(C)c32)cc1C. The van der Waals surface area contributed by atoms with E-state index in [1.54, 1.807) is 0 Å². The summed E-state index contributed by atoms with van der Waals surface area (Å²) < 4.78 is 6.57. The van der Waals surface area contributed by atoms with Crippen molar-refractivity contribution in [2.75, 3.05) is 0 Å². The number of ether oxygens (including phenoxy) is 1. The average Bonchev–Trinajstić information content (AvgIpc) is 2.64. The Morgan fingerprint density at radius 1 is 0.690 bits per heavy atom. The van der Waals surface area contributed by atoms with Crippen molar-refractivity contribution in [2.24, 2.45) is 0 Å². The average molecular weight is 397 g/mol. The van der Waals surface area contributed by atoms with E-state index in [9.17, 15) is 5.11 Å². The molecule has 0 aromatic heterocycles. The van der Waals surface area contributed by atoms with Gasteiger partial charge in [0.25, 0.3) is 0 Å². The summed E-state index contributed by atoms with van der Waals surface area (Å²) >= 11 is 0. The topological polar surface area (TPSA) is 29.5 Å². The summed E-state index contributed by atoms with van der Waals surface area (Å²) in [6, 6.07) is 6.14. The maximum atomic E-state index is 12.1. The highest BCUT2D eigenvalue weighted by Gasteiger charge is 2.55. The fourth-order valence-electron chi connectivity index (χ4n) is 4.52. The second-order valence-electron chi connectivity index (χ2n) is 9.43. The molecule has 0 spiro atoms. The molecular formula is C27H40O2. The van der Waals surface area contributed by atoms with E-state index >= 15 is 0 Å². The number of aryl methyl sites for hydroxylation is 2. The van der Waals surface area contributed by atoms with E-state index in [2.05, 4.69) is 81.4 Å². The lowest BCUT2D eigenvalue weighted by Gasteiger charge is -2.54. The minimum absolute atomic E-state index is 0.235. The Bertz CT molecular complexity index is 934. The van der Waals surface area contributed by atoms with Gasteiger partial charge in [-0.25, -0.2) is 0 Å². The maximum absolute atomic E-state index is 12.1. The second kappa shape index (κ2) is 7.56. The summed E-state index contributed by atoms with van der Waals surface area (Å²) in [6.07, 6.45) is 0. The van der Waals surface area contributed by atoms with Gasteiger partial charge in [0, 0.05) is 16.5 Å². The molecule has 1 heterocycles. The van der Waals surface area contributed by atoms with Crippen LogP contribution in [-0.4, -0.2) is 10.7 Å². The number of hydrogen-bond acceptors (Lipinski definition) is 2. The Morgan fingerprint density at radius 2 is 1.17 bits per heavy atom. The number of rotatable bonds is 1. The van der Waals surface area contributed by atoms with E-state index in [0.29, 0.717) is 0 Å². The lowest BCUT2D eigenvalue weighted by Crippen LogP contribution is -2.57. The van der Waals surface area contributed by atoms with Crippen molar-refractivity contribution in [1.82, 2.24) is 0 Å². The molecule has 1 aliphatic heterocycles. The molecule has 3 rings (SSSR count). The molecule has 2 aromatic rings. The molecule has 0 amide bonds. The van der Waals surface area contributed by atoms with E-state index in [0.717, 1.165) is 22.3 Å². The quantitative estimate of drug-likeness (QED) is 0.571. The number of fused-ring (bicyclic) bond motifs is 1. The van der Waals surface area contributed by atoms with Crippen molar-refractivity contribution in [2.45, 2.75) is 99.9 Å². The summed E-state index contributed by atoms with van der Waals surface area (Å²) in [6.45, 7) is 25.4. The number of benzene rings is 2. The largest absolute Gasteiger partial charge is 0.358 e. The van der Waals surface area contributed by atoms with Crippen LogP contribution < -0.4 is 0 Å². The number of aliphatic hydroxyl groups is 1. The van der Waals surface area contributed by atoms with Crippen LogP contribution in [0, 0.1) is 41.5 Å². The molecule has 2 heteroatoms. The van der Waals surface area contributed by atoms with Crippen molar-refractivity contribution in [3.8, 4) is 0 Å². The van der Waals surface area contributed by atoms with Crippen LogP contribution in [-0.2, 0) is 15.9 Å². The maximum Gasteiger partial charge on any atom is 0.220 e. The Balaban J connectivity index is 0.00000145. The van der Waals surface area contributed by atoms with Gasteiger partial charge in [-0.2, -0.15) is 0 Å². The van der Waals surface area contributed by atoms with Crippen LogP contribution in [0.4, 0.5) is 0 Å². The minimum atomic E-state index is -1.46. The molecule has 0 radical (unpaired) electrons. The van der Waals surface area contributed by atoms with Gasteiger partial charge in [0.2, 0.25) is 5.79 Å². The predicted molar refractivity (Wildman–Crippen MR) is 124 cm³/mol. The van der Waals surface area contributed by atoms with E-state index in [-0.39, 0.29) is 5.41 Å². The zero-order valence-corrected chi connectivity index (χ0v) is 20.6. The molecule has 0 aliphatic carbocycles. The summed E-state index contributed by atoms with van der Waals surface area (Å²) in [4.78, 5) is 0. The highest BCUT2D eigenvalue weighted by molar-refractivity contribution is 5.59. The second-order valence-corrected chi connectivity index (χ2v) is 9.43. The molecule has 0 saturated carbocycles. The van der Waals surface area contributed by atoms with Crippen molar-refractivity contribution >= 4 is 0 Å². The zero-order valence-electron chi connectivity index (χ0n) is 20.6. The van der Waals surface area contributed by atoms with Gasteiger partial charge in [-0.1, -0.05) is 45.9 Å². The smallest absolute Gasteiger partial charge is 0.220 e. The molecule has 0 fully saturated rings. The highest BCUT2D eigenvalue weighted by Crippen LogP contribution is 2.54. The molecule has 1 unspecified atom stereocenters. The Kier molecular flexibility index (Phi) is 6.16. The summed E-state index contributed by atoms with van der Waals surface area (Å²) in [5, 5.41) is 12.1. The van der Waals surface area contributed by atoms with Crippen molar-refractivity contribution in [3.63, 3.8) is 0 Å². The highest BCUT2D eigenvalue weighted by atomic mass is 16.6. The first-order chi connectivity index (χ1) is 13.3. The van der Waals surface area contributed by atoms with Gasteiger partial charge in [0.05, 0.1) is 5.60 Å². The molecule has 2 aromatic carbocycles. The molecule has 0 bridgehead atoms. The van der Waals surface area contributed by atoms with Gasteiger partial charge in [0.1, 0.15) is 0 Å². The van der Waals surface area contributed by atoms with Crippen LogP contribution in [0.25, 0.3) is 0 Å². The van der Waals surface area contributed by atoms with Gasteiger partial charge in [-0.3, -0.25) is 0 Å². The minimum Gasteiger partial charge on any atom is -0.358 e. The van der Waals surface area contributed by atoms with Gasteiger partial charge in [-0.05, 0) is 94.3 Å².